The fourth-order valence-corrected chi connectivity index (χ4v) is 12.4. The van der Waals surface area contributed by atoms with Gasteiger partial charge in [0, 0.05) is 82.5 Å². The van der Waals surface area contributed by atoms with Crippen LogP contribution in [0.4, 0.5) is 26.4 Å². The summed E-state index contributed by atoms with van der Waals surface area (Å²) in [5.41, 5.74) is 9.48. The van der Waals surface area contributed by atoms with Crippen LogP contribution in [0, 0.1) is 23.7 Å². The van der Waals surface area contributed by atoms with Crippen LogP contribution in [-0.4, -0.2) is 83.1 Å². The maximum atomic E-state index is 13.4. The lowest BCUT2D eigenvalue weighted by Gasteiger charge is -2.25. The van der Waals surface area contributed by atoms with Crippen LogP contribution >= 0.6 is 22.7 Å². The second-order valence-electron chi connectivity index (χ2n) is 19.7. The van der Waals surface area contributed by atoms with Crippen molar-refractivity contribution in [1.82, 2.24) is 44.7 Å². The molecule has 0 unspecified atom stereocenters. The van der Waals surface area contributed by atoms with Crippen molar-refractivity contribution in [3.05, 3.63) is 71.9 Å². The number of aryl methyl sites for hydroxylation is 3. The molecule has 0 bridgehead atoms. The highest BCUT2D eigenvalue weighted by molar-refractivity contribution is 7.13. The molecule has 5 aromatic heterocycles. The molecule has 5 heterocycles. The van der Waals surface area contributed by atoms with E-state index in [2.05, 4.69) is 36.2 Å². The Morgan fingerprint density at radius 3 is 1.81 bits per heavy atom. The summed E-state index contributed by atoms with van der Waals surface area (Å²) in [6, 6.07) is 1.27. The van der Waals surface area contributed by atoms with Crippen LogP contribution in [0.15, 0.2) is 18.7 Å². The van der Waals surface area contributed by atoms with Crippen molar-refractivity contribution in [3.63, 3.8) is 0 Å². The predicted molar refractivity (Wildman–Crippen MR) is 258 cm³/mol. The van der Waals surface area contributed by atoms with Crippen molar-refractivity contribution in [3.8, 4) is 0 Å². The number of nitrogen functional groups attached to an aromatic ring is 1. The second-order valence-corrected chi connectivity index (χ2v) is 22.1. The summed E-state index contributed by atoms with van der Waals surface area (Å²) in [5, 5.41) is 21.4. The number of alkyl halides is 2. The van der Waals surface area contributed by atoms with Crippen molar-refractivity contribution >= 4 is 69.6 Å². The number of amides is 2. The minimum Gasteiger partial charge on any atom is -0.461 e. The highest BCUT2D eigenvalue weighted by Gasteiger charge is 2.37. The minimum absolute atomic E-state index is 0.00950. The number of ketones is 2. The Kier molecular flexibility index (Phi) is 13.7. The Balaban J connectivity index is 0.000000163. The van der Waals surface area contributed by atoms with Crippen LogP contribution < -0.4 is 21.7 Å². The molecule has 2 amide bonds. The molecule has 4 fully saturated rings. The van der Waals surface area contributed by atoms with E-state index in [-0.39, 0.29) is 65.3 Å². The monoisotopic (exact) mass is 999 g/mol. The lowest BCUT2D eigenvalue weighted by molar-refractivity contribution is -0.120. The first-order valence-electron chi connectivity index (χ1n) is 24.7. The van der Waals surface area contributed by atoms with Crippen LogP contribution in [0.3, 0.4) is 0 Å². The molecule has 0 spiro atoms. The molecule has 0 saturated heterocycles. The maximum Gasteiger partial charge on any atom is 0.360 e. The first-order chi connectivity index (χ1) is 33.8. The van der Waals surface area contributed by atoms with Gasteiger partial charge in [-0.3, -0.25) is 28.4 Å². The van der Waals surface area contributed by atoms with Gasteiger partial charge >= 0.3 is 5.97 Å². The summed E-state index contributed by atoms with van der Waals surface area (Å²) >= 11 is 3.23. The van der Waals surface area contributed by atoms with E-state index < -0.39 is 12.4 Å². The summed E-state index contributed by atoms with van der Waals surface area (Å²) in [4.78, 5) is 72.3. The van der Waals surface area contributed by atoms with Gasteiger partial charge in [0.1, 0.15) is 35.2 Å². The summed E-state index contributed by atoms with van der Waals surface area (Å²) < 4.78 is 36.3. The number of nitrogens with one attached hydrogen (secondary N) is 3. The van der Waals surface area contributed by atoms with E-state index in [9.17, 15) is 32.8 Å². The summed E-state index contributed by atoms with van der Waals surface area (Å²) in [6.45, 7) is 3.37. The predicted octanol–water partition coefficient (Wildman–Crippen LogP) is 7.24. The van der Waals surface area contributed by atoms with Gasteiger partial charge in [0.15, 0.2) is 5.69 Å². The number of hydrogen-bond donors (Lipinski definition) is 4. The molecule has 0 aromatic carbocycles. The summed E-state index contributed by atoms with van der Waals surface area (Å²) in [7, 11) is 1.59. The number of rotatable bonds is 19. The molecular formula is C49H59F2N11O6S2. The van der Waals surface area contributed by atoms with Gasteiger partial charge in [-0.15, -0.1) is 32.9 Å². The van der Waals surface area contributed by atoms with E-state index in [1.165, 1.54) is 33.3 Å². The SMILES string of the molecule is CCOC(=O)c1ncn([C@H]2CCc3sc(CC(=O)C4CC4)c(C(=O)NCC4CC4)c3C2)c1N.Cn1nc(C(F)F)cc1Nc1nncn1[C@H]1CCc2sc(CC(=O)C3CC3)c(C(=O)NCC3CC3)c2C1. The first-order valence-corrected chi connectivity index (χ1v) is 26.3. The van der Waals surface area contributed by atoms with Gasteiger partial charge in [-0.25, -0.2) is 18.6 Å². The van der Waals surface area contributed by atoms with Gasteiger partial charge in [-0.2, -0.15) is 5.10 Å². The largest absolute Gasteiger partial charge is 0.461 e. The van der Waals surface area contributed by atoms with E-state index in [4.69, 9.17) is 10.5 Å². The molecule has 17 nitrogen and oxygen atoms in total. The fraction of sp³-hybridized carbons (Fsp3) is 0.571. The van der Waals surface area contributed by atoms with E-state index in [0.717, 1.165) is 85.1 Å². The number of carbonyl (C=O) groups excluding carboxylic acids is 5. The third kappa shape index (κ3) is 10.6. The number of nitrogens with two attached hydrogens (primary N) is 1. The number of anilines is 3. The van der Waals surface area contributed by atoms with Crippen molar-refractivity contribution in [2.24, 2.45) is 30.7 Å². The number of hydrogen-bond acceptors (Lipinski definition) is 14. The number of esters is 1. The summed E-state index contributed by atoms with van der Waals surface area (Å²) in [6.07, 6.45) is 14.2. The van der Waals surface area contributed by atoms with Crippen LogP contribution in [0.1, 0.15) is 157 Å². The second kappa shape index (κ2) is 20.1. The lowest BCUT2D eigenvalue weighted by Crippen LogP contribution is -2.28. The van der Waals surface area contributed by atoms with Crippen molar-refractivity contribution in [1.29, 1.82) is 0 Å². The fourth-order valence-electron chi connectivity index (χ4n) is 9.65. The number of fused-ring (bicyclic) bond motifs is 2. The summed E-state index contributed by atoms with van der Waals surface area (Å²) in [5.74, 6) is 2.38. The van der Waals surface area contributed by atoms with Gasteiger partial charge < -0.3 is 31.0 Å². The smallest absolute Gasteiger partial charge is 0.360 e. The number of Topliss-reactive ketones (excluding diaryl/α,β-unsaturated/α-hetero) is 2. The molecule has 5 N–H and O–H groups in total. The van der Waals surface area contributed by atoms with Crippen molar-refractivity contribution < 1.29 is 37.5 Å². The average Bonchev–Trinajstić information content (AvgIpc) is 4.18. The molecular weight excluding hydrogens is 941 g/mol. The zero-order valence-electron chi connectivity index (χ0n) is 39.4. The number of imidazole rings is 1. The van der Waals surface area contributed by atoms with E-state index in [1.807, 2.05) is 9.13 Å². The average molecular weight is 1000 g/mol. The van der Waals surface area contributed by atoms with Crippen LogP contribution in [0.2, 0.25) is 0 Å². The molecule has 2 atom stereocenters. The molecule has 6 aliphatic carbocycles. The van der Waals surface area contributed by atoms with Crippen LogP contribution in [0.5, 0.6) is 0 Å². The quantitative estimate of drug-likeness (QED) is 0.0602. The number of halogens is 2. The topological polar surface area (TPSA) is 223 Å². The number of ether oxygens (including phenoxy) is 1. The molecule has 0 radical (unpaired) electrons. The Labute approximate surface area is 411 Å². The molecule has 6 aliphatic rings. The highest BCUT2D eigenvalue weighted by atomic mass is 32.1. The molecule has 4 saturated carbocycles. The third-order valence-corrected chi connectivity index (χ3v) is 16.9. The first kappa shape index (κ1) is 47.8. The minimum atomic E-state index is -2.67. The number of nitrogens with zero attached hydrogens (tertiary/aromatic N) is 7. The van der Waals surface area contributed by atoms with Gasteiger partial charge in [0.2, 0.25) is 5.95 Å². The maximum absolute atomic E-state index is 13.4. The molecule has 70 heavy (non-hydrogen) atoms. The molecule has 11 rings (SSSR count). The van der Waals surface area contributed by atoms with E-state index in [1.54, 1.807) is 49.3 Å². The van der Waals surface area contributed by atoms with Gasteiger partial charge in [0.05, 0.1) is 24.1 Å². The Morgan fingerprint density at radius 2 is 1.33 bits per heavy atom. The highest BCUT2D eigenvalue weighted by Crippen LogP contribution is 2.43. The van der Waals surface area contributed by atoms with Crippen LogP contribution in [0.25, 0.3) is 0 Å². The van der Waals surface area contributed by atoms with Gasteiger partial charge in [-0.05, 0) is 120 Å². The molecule has 5 aromatic rings. The van der Waals surface area contributed by atoms with Crippen LogP contribution in [-0.2, 0) is 59.9 Å². The number of thiophene rings is 2. The number of aromatic nitrogens is 7. The zero-order valence-corrected chi connectivity index (χ0v) is 41.1. The zero-order chi connectivity index (χ0) is 48.8. The van der Waals surface area contributed by atoms with E-state index in [0.29, 0.717) is 79.3 Å². The molecule has 21 heteroatoms. The Bertz CT molecular complexity index is 2810. The van der Waals surface area contributed by atoms with E-state index >= 15 is 0 Å². The third-order valence-electron chi connectivity index (χ3n) is 14.3. The normalized spacial score (nSPS) is 19.4. The Morgan fingerprint density at radius 1 is 0.786 bits per heavy atom. The van der Waals surface area contributed by atoms with Crippen molar-refractivity contribution in [2.45, 2.75) is 128 Å². The number of carbonyl (C=O) groups is 5. The molecule has 0 aliphatic heterocycles. The van der Waals surface area contributed by atoms with Crippen molar-refractivity contribution in [2.75, 3.05) is 30.7 Å². The molecule has 372 valence electrons. The van der Waals surface area contributed by atoms with Gasteiger partial charge in [-0.1, -0.05) is 0 Å². The van der Waals surface area contributed by atoms with Gasteiger partial charge in [0.25, 0.3) is 18.2 Å². The Hall–Kier alpha value is -5.83. The lowest BCUT2D eigenvalue weighted by atomic mass is 9.89. The standard InChI is InChI=1S/C25H29F2N7O2S.C24H30N4O4S/c1-33-21(9-17(32-33)23(26)27)30-25-31-29-12-34(25)15-6-7-19-16(8-15)22(24(36)28-11-13-2-3-13)20(37-19)10-18(35)14-4-5-14;1-2-32-24(31)21-22(25)28(12-27-21)15-7-8-18-16(9-15)20(23(30)26-11-13-3-4-13)19(33-18)10-17(29)14-5-6-14/h9,12-15,23H,2-8,10-11H2,1H3,(H,28,36)(H,30,31);12-15H,2-11,25H2,1H3,(H,26,30)/t2*15-/m00/s1.